The van der Waals surface area contributed by atoms with Crippen LogP contribution in [0.25, 0.3) is 0 Å². The van der Waals surface area contributed by atoms with Gasteiger partial charge < -0.3 is 24.0 Å². The van der Waals surface area contributed by atoms with Crippen molar-refractivity contribution in [1.82, 2.24) is 0 Å². The highest BCUT2D eigenvalue weighted by atomic mass is 16.4. The van der Waals surface area contributed by atoms with Crippen molar-refractivity contribution in [3.63, 3.8) is 0 Å². The number of para-hydroxylation sites is 6. The summed E-state index contributed by atoms with van der Waals surface area (Å²) in [6, 6.07) is 70.8. The average Bonchev–Trinajstić information content (AvgIpc) is 3.74. The summed E-state index contributed by atoms with van der Waals surface area (Å²) >= 11 is 0. The molecule has 13 rings (SSSR count). The van der Waals surface area contributed by atoms with Crippen LogP contribution in [0.1, 0.15) is 0 Å². The molecule has 0 bridgehead atoms. The number of fused-ring (bicyclic) bond motifs is 9. The van der Waals surface area contributed by atoms with Gasteiger partial charge in [0.25, 0.3) is 13.4 Å². The fraction of sp³-hybridized carbons (Fsp3) is 0.0714. The Hall–Kier alpha value is -8.03. The average molecular weight is 839 g/mol. The zero-order valence-corrected chi connectivity index (χ0v) is 36.7. The second-order valence-electron chi connectivity index (χ2n) is 17.8. The summed E-state index contributed by atoms with van der Waals surface area (Å²) in [6.45, 7) is -0.310. The minimum Gasteiger partial charge on any atom is -0.425 e. The summed E-state index contributed by atoms with van der Waals surface area (Å²) in [7, 11) is 8.54. The summed E-state index contributed by atoms with van der Waals surface area (Å²) in [6.07, 6.45) is 0. The van der Waals surface area contributed by atoms with Gasteiger partial charge in [0.2, 0.25) is 11.8 Å². The lowest BCUT2D eigenvalue weighted by Crippen LogP contribution is -2.70. The molecule has 0 saturated carbocycles. The summed E-state index contributed by atoms with van der Waals surface area (Å²) in [5, 5.41) is 0. The van der Waals surface area contributed by atoms with Crippen molar-refractivity contribution in [3.05, 3.63) is 194 Å². The number of rotatable bonds is 6. The Bertz CT molecular complexity index is 3100. The Morgan fingerprint density at radius 3 is 0.954 bits per heavy atom. The molecule has 0 unspecified atom stereocenters. The van der Waals surface area contributed by atoms with Crippen molar-refractivity contribution in [2.45, 2.75) is 0 Å². The van der Waals surface area contributed by atoms with Gasteiger partial charge in [-0.3, -0.25) is 9.80 Å². The van der Waals surface area contributed by atoms with E-state index in [9.17, 15) is 0 Å². The SMILES string of the molecule is CN(C)c1cc2c3c(c1)N(c1ccccc1)c1oc4c(c1B3c1ccccc1N2c1ccccc1)B1c2ccccc2N(c2ccccc2)c2cc(N(C)C)cc(c21)N4c1ccccc1. The monoisotopic (exact) mass is 838 g/mol. The Kier molecular flexibility index (Phi) is 8.22. The first-order chi connectivity index (χ1) is 32.0. The Labute approximate surface area is 380 Å². The van der Waals surface area contributed by atoms with Gasteiger partial charge in [-0.2, -0.15) is 0 Å². The van der Waals surface area contributed by atoms with Crippen LogP contribution in [0.2, 0.25) is 0 Å². The molecule has 0 fully saturated rings. The van der Waals surface area contributed by atoms with Gasteiger partial charge >= 0.3 is 0 Å². The maximum atomic E-state index is 7.82. The van der Waals surface area contributed by atoms with Crippen LogP contribution < -0.4 is 62.2 Å². The predicted molar refractivity (Wildman–Crippen MR) is 275 cm³/mol. The van der Waals surface area contributed by atoms with E-state index in [2.05, 4.69) is 252 Å². The second kappa shape index (κ2) is 14.2. The lowest BCUT2D eigenvalue weighted by Gasteiger charge is -2.45. The van der Waals surface area contributed by atoms with Crippen molar-refractivity contribution in [2.75, 3.05) is 57.6 Å². The van der Waals surface area contributed by atoms with Gasteiger partial charge in [0.1, 0.15) is 0 Å². The van der Waals surface area contributed by atoms with Gasteiger partial charge in [-0.1, -0.05) is 109 Å². The highest BCUT2D eigenvalue weighted by molar-refractivity contribution is 7.09. The van der Waals surface area contributed by atoms with Crippen molar-refractivity contribution >= 4 is 126 Å². The smallest absolute Gasteiger partial charge is 0.255 e. The van der Waals surface area contributed by atoms with Crippen LogP contribution in [0.15, 0.2) is 199 Å². The Balaban J connectivity index is 1.20. The molecule has 7 nitrogen and oxygen atoms in total. The van der Waals surface area contributed by atoms with Gasteiger partial charge in [-0.05, 0) is 118 Å². The van der Waals surface area contributed by atoms with Gasteiger partial charge in [0, 0.05) is 96.4 Å². The molecule has 65 heavy (non-hydrogen) atoms. The molecule has 0 spiro atoms. The first-order valence-electron chi connectivity index (χ1n) is 22.4. The molecule has 0 saturated heterocycles. The van der Waals surface area contributed by atoms with Crippen LogP contribution in [0.4, 0.5) is 80.0 Å². The van der Waals surface area contributed by atoms with E-state index < -0.39 is 0 Å². The van der Waals surface area contributed by atoms with Gasteiger partial charge in [0.05, 0.1) is 0 Å². The standard InChI is InChI=1S/C56H44B2N6O/c1-59(2)41-33-47-51-49(35-41)63(39-25-13-7-14-26-39)55-53(57(51)43-29-17-19-31-45(43)61(47)37-21-9-5-10-22-37)54-56(65-55)64(40-27-15-8-16-28-40)50-36-42(60(3)4)34-48-52(50)58(54)44-30-18-20-32-46(44)62(48)38-23-11-6-12-24-38/h5-36H,1-4H3. The molecule has 0 N–H and O–H groups in total. The predicted octanol–water partition coefficient (Wildman–Crippen LogP) is 9.58. The number of benzene rings is 8. The van der Waals surface area contributed by atoms with Crippen LogP contribution >= 0.6 is 0 Å². The van der Waals surface area contributed by atoms with E-state index in [1.807, 2.05) is 0 Å². The second-order valence-corrected chi connectivity index (χ2v) is 17.8. The highest BCUT2D eigenvalue weighted by Crippen LogP contribution is 2.51. The van der Waals surface area contributed by atoms with Gasteiger partial charge in [-0.15, -0.1) is 0 Å². The first-order valence-corrected chi connectivity index (χ1v) is 22.4. The van der Waals surface area contributed by atoms with Crippen LogP contribution in [-0.4, -0.2) is 41.6 Å². The molecule has 1 aromatic heterocycles. The zero-order chi connectivity index (χ0) is 43.5. The molecule has 0 aliphatic carbocycles. The van der Waals surface area contributed by atoms with Crippen LogP contribution in [0.5, 0.6) is 0 Å². The van der Waals surface area contributed by atoms with Gasteiger partial charge in [-0.25, -0.2) is 0 Å². The Morgan fingerprint density at radius 1 is 0.323 bits per heavy atom. The van der Waals surface area contributed by atoms with E-state index in [4.69, 9.17) is 4.42 Å². The molecule has 5 heterocycles. The molecule has 310 valence electrons. The lowest BCUT2D eigenvalue weighted by molar-refractivity contribution is 0.582. The maximum Gasteiger partial charge on any atom is 0.255 e. The number of furan rings is 1. The zero-order valence-electron chi connectivity index (χ0n) is 36.7. The van der Waals surface area contributed by atoms with E-state index in [1.165, 1.54) is 44.2 Å². The fourth-order valence-corrected chi connectivity index (χ4v) is 11.0. The molecule has 9 aromatic rings. The van der Waals surface area contributed by atoms with Crippen LogP contribution in [-0.2, 0) is 0 Å². The van der Waals surface area contributed by atoms with E-state index in [0.717, 1.165) is 68.6 Å². The molecule has 0 amide bonds. The summed E-state index contributed by atoms with van der Waals surface area (Å²) in [5.41, 5.74) is 20.8. The van der Waals surface area contributed by atoms with Crippen molar-refractivity contribution < 1.29 is 4.42 Å². The Morgan fingerprint density at radius 2 is 0.615 bits per heavy atom. The highest BCUT2D eigenvalue weighted by Gasteiger charge is 2.54. The molecular formula is C56H44B2N6O. The minimum atomic E-state index is -0.155. The van der Waals surface area contributed by atoms with E-state index >= 15 is 0 Å². The van der Waals surface area contributed by atoms with Crippen molar-refractivity contribution in [2.24, 2.45) is 0 Å². The van der Waals surface area contributed by atoms with E-state index in [-0.39, 0.29) is 13.4 Å². The third-order valence-corrected chi connectivity index (χ3v) is 13.8. The van der Waals surface area contributed by atoms with Crippen molar-refractivity contribution in [1.29, 1.82) is 0 Å². The quantitative estimate of drug-likeness (QED) is 0.154. The van der Waals surface area contributed by atoms with E-state index in [1.54, 1.807) is 0 Å². The van der Waals surface area contributed by atoms with Crippen LogP contribution in [0.3, 0.4) is 0 Å². The third-order valence-electron chi connectivity index (χ3n) is 13.8. The molecule has 4 aliphatic rings. The molecule has 0 radical (unpaired) electrons. The number of hydrogen-bond acceptors (Lipinski definition) is 7. The van der Waals surface area contributed by atoms with Crippen LogP contribution in [0, 0.1) is 0 Å². The fourth-order valence-electron chi connectivity index (χ4n) is 11.0. The summed E-state index contributed by atoms with van der Waals surface area (Å²) in [5.74, 6) is 1.68. The minimum absolute atomic E-state index is 0.155. The van der Waals surface area contributed by atoms with Crippen molar-refractivity contribution in [3.8, 4) is 0 Å². The summed E-state index contributed by atoms with van der Waals surface area (Å²) < 4.78 is 7.82. The molecule has 4 aliphatic heterocycles. The molecule has 8 aromatic carbocycles. The molecular weight excluding hydrogens is 794 g/mol. The van der Waals surface area contributed by atoms with Gasteiger partial charge in [0.15, 0.2) is 0 Å². The lowest BCUT2D eigenvalue weighted by atomic mass is 9.26. The normalized spacial score (nSPS) is 13.7. The summed E-state index contributed by atoms with van der Waals surface area (Å²) in [4.78, 5) is 14.2. The maximum absolute atomic E-state index is 7.82. The largest absolute Gasteiger partial charge is 0.425 e. The first kappa shape index (κ1) is 37.5. The number of nitrogens with zero attached hydrogens (tertiary/aromatic N) is 6. The molecule has 9 heteroatoms. The third kappa shape index (κ3) is 5.39. The van der Waals surface area contributed by atoms with E-state index in [0.29, 0.717) is 0 Å². The number of hydrogen-bond donors (Lipinski definition) is 0. The number of anilines is 14. The topological polar surface area (TPSA) is 32.6 Å². The molecule has 0 atom stereocenters.